The van der Waals surface area contributed by atoms with E-state index in [1.807, 2.05) is 0 Å². The van der Waals surface area contributed by atoms with E-state index in [4.69, 9.17) is 4.74 Å². The van der Waals surface area contributed by atoms with E-state index in [-0.39, 0.29) is 17.2 Å². The third-order valence-electron chi connectivity index (χ3n) is 3.38. The van der Waals surface area contributed by atoms with Gasteiger partial charge in [-0.1, -0.05) is 6.07 Å². The SMILES string of the molecule is COc1ccc(C2NC(=O)NC(C)=C2C(C)=O)cc1[N+](=O)[O-]. The lowest BCUT2D eigenvalue weighted by molar-refractivity contribution is -0.385. The number of methoxy groups -OCH3 is 1. The minimum atomic E-state index is -0.740. The molecule has 1 atom stereocenters. The third kappa shape index (κ3) is 2.76. The molecule has 1 aliphatic rings. The van der Waals surface area contributed by atoms with Crippen LogP contribution >= 0.6 is 0 Å². The molecule has 1 unspecified atom stereocenters. The van der Waals surface area contributed by atoms with Gasteiger partial charge < -0.3 is 15.4 Å². The first-order valence-corrected chi connectivity index (χ1v) is 6.46. The summed E-state index contributed by atoms with van der Waals surface area (Å²) in [6, 6.07) is 3.11. The number of urea groups is 1. The Balaban J connectivity index is 2.56. The number of benzene rings is 1. The van der Waals surface area contributed by atoms with Gasteiger partial charge in [0.25, 0.3) is 0 Å². The van der Waals surface area contributed by atoms with Crippen LogP contribution in [0.2, 0.25) is 0 Å². The number of rotatable bonds is 4. The number of nitrogens with one attached hydrogen (secondary N) is 2. The van der Waals surface area contributed by atoms with Crippen LogP contribution in [-0.2, 0) is 4.79 Å². The number of carbonyl (C=O) groups is 2. The average molecular weight is 305 g/mol. The molecule has 0 aliphatic carbocycles. The van der Waals surface area contributed by atoms with Crippen LogP contribution in [0.15, 0.2) is 29.5 Å². The molecule has 2 N–H and O–H groups in total. The summed E-state index contributed by atoms with van der Waals surface area (Å²) in [5, 5.41) is 16.2. The van der Waals surface area contributed by atoms with Crippen molar-refractivity contribution >= 4 is 17.5 Å². The molecule has 0 saturated heterocycles. The minimum Gasteiger partial charge on any atom is -0.490 e. The highest BCUT2D eigenvalue weighted by molar-refractivity contribution is 5.98. The predicted molar refractivity (Wildman–Crippen MR) is 77.4 cm³/mol. The number of carbonyl (C=O) groups excluding carboxylic acids is 2. The molecule has 1 aromatic rings. The molecule has 0 fully saturated rings. The summed E-state index contributed by atoms with van der Waals surface area (Å²) in [5.41, 5.74) is 0.999. The highest BCUT2D eigenvalue weighted by Gasteiger charge is 2.30. The van der Waals surface area contributed by atoms with Crippen LogP contribution in [0.5, 0.6) is 5.75 Å². The summed E-state index contributed by atoms with van der Waals surface area (Å²) < 4.78 is 4.95. The van der Waals surface area contributed by atoms with Crippen molar-refractivity contribution in [2.45, 2.75) is 19.9 Å². The van der Waals surface area contributed by atoms with E-state index < -0.39 is 17.0 Å². The molecule has 8 heteroatoms. The fraction of sp³-hybridized carbons (Fsp3) is 0.286. The molecule has 0 aromatic heterocycles. The number of ketones is 1. The Kier molecular flexibility index (Phi) is 4.11. The molecule has 8 nitrogen and oxygen atoms in total. The van der Waals surface area contributed by atoms with Crippen LogP contribution in [0.25, 0.3) is 0 Å². The number of ether oxygens (including phenoxy) is 1. The van der Waals surface area contributed by atoms with Gasteiger partial charge in [0.15, 0.2) is 11.5 Å². The number of allylic oxidation sites excluding steroid dienone is 1. The summed E-state index contributed by atoms with van der Waals surface area (Å²) >= 11 is 0. The second-order valence-corrected chi connectivity index (χ2v) is 4.81. The fourth-order valence-electron chi connectivity index (χ4n) is 2.44. The number of nitro groups is 1. The molecule has 0 radical (unpaired) electrons. The van der Waals surface area contributed by atoms with Crippen molar-refractivity contribution in [3.8, 4) is 5.75 Å². The molecule has 2 rings (SSSR count). The first-order valence-electron chi connectivity index (χ1n) is 6.46. The minimum absolute atomic E-state index is 0.110. The van der Waals surface area contributed by atoms with Gasteiger partial charge in [0.1, 0.15) is 0 Å². The molecule has 1 heterocycles. The van der Waals surface area contributed by atoms with Crippen LogP contribution in [0.3, 0.4) is 0 Å². The zero-order valence-electron chi connectivity index (χ0n) is 12.3. The zero-order chi connectivity index (χ0) is 16.4. The maximum atomic E-state index is 11.8. The van der Waals surface area contributed by atoms with E-state index in [1.54, 1.807) is 13.0 Å². The summed E-state index contributed by atoms with van der Waals surface area (Å²) in [4.78, 5) is 34.0. The number of nitrogens with zero attached hydrogens (tertiary/aromatic N) is 1. The van der Waals surface area contributed by atoms with Gasteiger partial charge in [0.05, 0.1) is 18.1 Å². The Labute approximate surface area is 126 Å². The van der Waals surface area contributed by atoms with Gasteiger partial charge in [-0.2, -0.15) is 0 Å². The molecule has 2 amide bonds. The quantitative estimate of drug-likeness (QED) is 0.651. The molecule has 0 saturated carbocycles. The monoisotopic (exact) mass is 305 g/mol. The molecular formula is C14H15N3O5. The van der Waals surface area contributed by atoms with E-state index in [9.17, 15) is 19.7 Å². The number of hydrogen-bond acceptors (Lipinski definition) is 5. The summed E-state index contributed by atoms with van der Waals surface area (Å²) in [6.45, 7) is 2.99. The van der Waals surface area contributed by atoms with Crippen molar-refractivity contribution < 1.29 is 19.2 Å². The largest absolute Gasteiger partial charge is 0.490 e. The van der Waals surface area contributed by atoms with E-state index in [1.165, 1.54) is 26.2 Å². The van der Waals surface area contributed by atoms with E-state index >= 15 is 0 Å². The molecular weight excluding hydrogens is 290 g/mol. The van der Waals surface area contributed by atoms with Gasteiger partial charge in [0.2, 0.25) is 0 Å². The highest BCUT2D eigenvalue weighted by atomic mass is 16.6. The summed E-state index contributed by atoms with van der Waals surface area (Å²) in [5.74, 6) is -0.118. The fourth-order valence-corrected chi connectivity index (χ4v) is 2.44. The van der Waals surface area contributed by atoms with Crippen LogP contribution in [-0.4, -0.2) is 23.8 Å². The Morgan fingerprint density at radius 3 is 2.64 bits per heavy atom. The van der Waals surface area contributed by atoms with E-state index in [0.717, 1.165) is 0 Å². The van der Waals surface area contributed by atoms with Crippen LogP contribution < -0.4 is 15.4 Å². The molecule has 116 valence electrons. The smallest absolute Gasteiger partial charge is 0.319 e. The van der Waals surface area contributed by atoms with Crippen LogP contribution in [0.4, 0.5) is 10.5 Å². The summed E-state index contributed by atoms with van der Waals surface area (Å²) in [6.07, 6.45) is 0. The third-order valence-corrected chi connectivity index (χ3v) is 3.38. The first kappa shape index (κ1) is 15.5. The second-order valence-electron chi connectivity index (χ2n) is 4.81. The van der Waals surface area contributed by atoms with E-state index in [0.29, 0.717) is 16.8 Å². The lowest BCUT2D eigenvalue weighted by atomic mass is 9.92. The standard InChI is InChI=1S/C14H15N3O5/c1-7-12(8(2)18)13(16-14(19)15-7)9-4-5-11(22-3)10(6-9)17(20)21/h4-6,13H,1-3H3,(H2,15,16,19). The maximum absolute atomic E-state index is 11.8. The van der Waals surface area contributed by atoms with Crippen molar-refractivity contribution in [2.24, 2.45) is 0 Å². The maximum Gasteiger partial charge on any atom is 0.319 e. The lowest BCUT2D eigenvalue weighted by Gasteiger charge is -2.28. The van der Waals surface area contributed by atoms with Crippen LogP contribution in [0.1, 0.15) is 25.5 Å². The van der Waals surface area contributed by atoms with E-state index in [2.05, 4.69) is 10.6 Å². The molecule has 0 bridgehead atoms. The van der Waals surface area contributed by atoms with Crippen molar-refractivity contribution in [2.75, 3.05) is 7.11 Å². The van der Waals surface area contributed by atoms with Gasteiger partial charge >= 0.3 is 11.7 Å². The van der Waals surface area contributed by atoms with Crippen molar-refractivity contribution in [3.63, 3.8) is 0 Å². The number of hydrogen-bond donors (Lipinski definition) is 2. The average Bonchev–Trinajstić information content (AvgIpc) is 2.45. The summed E-state index contributed by atoms with van der Waals surface area (Å²) in [7, 11) is 1.33. The van der Waals surface area contributed by atoms with Gasteiger partial charge in [-0.05, 0) is 25.5 Å². The van der Waals surface area contributed by atoms with Crippen LogP contribution in [0, 0.1) is 10.1 Å². The number of nitro benzene ring substituents is 1. The van der Waals surface area contributed by atoms with Gasteiger partial charge in [0, 0.05) is 17.3 Å². The predicted octanol–water partition coefficient (Wildman–Crippen LogP) is 1.82. The normalized spacial score (nSPS) is 17.6. The number of amides is 2. The first-order chi connectivity index (χ1) is 10.3. The van der Waals surface area contributed by atoms with Gasteiger partial charge in [-0.25, -0.2) is 4.79 Å². The van der Waals surface area contributed by atoms with Crippen molar-refractivity contribution in [1.29, 1.82) is 0 Å². The van der Waals surface area contributed by atoms with Gasteiger partial charge in [-0.15, -0.1) is 0 Å². The highest BCUT2D eigenvalue weighted by Crippen LogP contribution is 2.33. The Morgan fingerprint density at radius 2 is 2.09 bits per heavy atom. The lowest BCUT2D eigenvalue weighted by Crippen LogP contribution is -2.44. The van der Waals surface area contributed by atoms with Gasteiger partial charge in [-0.3, -0.25) is 14.9 Å². The molecule has 1 aromatic carbocycles. The molecule has 1 aliphatic heterocycles. The topological polar surface area (TPSA) is 111 Å². The Hall–Kier alpha value is -2.90. The zero-order valence-corrected chi connectivity index (χ0v) is 12.3. The second kappa shape index (κ2) is 5.84. The molecule has 22 heavy (non-hydrogen) atoms. The molecule has 0 spiro atoms. The number of Topliss-reactive ketones (excluding diaryl/α,β-unsaturated/α-hetero) is 1. The van der Waals surface area contributed by atoms with Crippen molar-refractivity contribution in [1.82, 2.24) is 10.6 Å². The Morgan fingerprint density at radius 1 is 1.41 bits per heavy atom. The van der Waals surface area contributed by atoms with Crippen molar-refractivity contribution in [3.05, 3.63) is 45.1 Å². The Bertz CT molecular complexity index is 696.